The molecular weight excluding hydrogens is 282 g/mol. The first-order valence-electron chi connectivity index (χ1n) is 9.42. The number of likely N-dealkylation sites (tertiary alicyclic amines) is 1. The zero-order valence-corrected chi connectivity index (χ0v) is 14.9. The minimum atomic E-state index is 0.164. The van der Waals surface area contributed by atoms with Gasteiger partial charge in [0.25, 0.3) is 0 Å². The lowest BCUT2D eigenvalue weighted by atomic mass is 9.66. The van der Waals surface area contributed by atoms with E-state index in [2.05, 4.69) is 56.0 Å². The second kappa shape index (κ2) is 7.17. The SMILES string of the molecule is CC(C)[C@@H]1CC[C@@H](C)[C@@H]([C@@H](c2ccccc2)N2CCCC2)C1=O. The summed E-state index contributed by atoms with van der Waals surface area (Å²) in [5.74, 6) is 1.90. The van der Waals surface area contributed by atoms with Gasteiger partial charge in [-0.2, -0.15) is 0 Å². The van der Waals surface area contributed by atoms with E-state index >= 15 is 0 Å². The van der Waals surface area contributed by atoms with Crippen molar-refractivity contribution in [2.45, 2.75) is 52.5 Å². The number of carbonyl (C=O) groups is 1. The Bertz CT molecular complexity index is 518. The second-order valence-electron chi connectivity index (χ2n) is 7.93. The zero-order valence-electron chi connectivity index (χ0n) is 14.9. The molecule has 0 radical (unpaired) electrons. The molecule has 1 aromatic carbocycles. The highest BCUT2D eigenvalue weighted by atomic mass is 16.1. The molecule has 23 heavy (non-hydrogen) atoms. The van der Waals surface area contributed by atoms with Crippen LogP contribution in [0, 0.1) is 23.7 Å². The van der Waals surface area contributed by atoms with E-state index in [0.29, 0.717) is 17.6 Å². The van der Waals surface area contributed by atoms with Crippen molar-refractivity contribution < 1.29 is 4.79 Å². The Labute approximate surface area is 141 Å². The lowest BCUT2D eigenvalue weighted by molar-refractivity contribution is -0.136. The molecule has 1 saturated carbocycles. The molecule has 2 heteroatoms. The maximum absolute atomic E-state index is 13.3. The van der Waals surface area contributed by atoms with E-state index in [1.54, 1.807) is 0 Å². The average molecular weight is 313 g/mol. The molecule has 0 amide bonds. The second-order valence-corrected chi connectivity index (χ2v) is 7.93. The van der Waals surface area contributed by atoms with Crippen molar-refractivity contribution in [3.05, 3.63) is 35.9 Å². The summed E-state index contributed by atoms with van der Waals surface area (Å²) in [5, 5.41) is 0. The highest BCUT2D eigenvalue weighted by molar-refractivity contribution is 5.85. The van der Waals surface area contributed by atoms with Crippen molar-refractivity contribution in [3.63, 3.8) is 0 Å². The predicted octanol–water partition coefficient (Wildman–Crippen LogP) is 4.71. The maximum Gasteiger partial charge on any atom is 0.141 e. The van der Waals surface area contributed by atoms with Crippen molar-refractivity contribution in [2.24, 2.45) is 23.7 Å². The predicted molar refractivity (Wildman–Crippen MR) is 95.2 cm³/mol. The van der Waals surface area contributed by atoms with Crippen LogP contribution in [0.3, 0.4) is 0 Å². The summed E-state index contributed by atoms with van der Waals surface area (Å²) in [5.41, 5.74) is 1.34. The minimum absolute atomic E-state index is 0.164. The van der Waals surface area contributed by atoms with Crippen LogP contribution in [0.4, 0.5) is 0 Å². The standard InChI is InChI=1S/C21H31NO/c1-15(2)18-12-11-16(3)19(21(18)23)20(22-13-7-8-14-22)17-9-5-4-6-10-17/h4-6,9-10,15-16,18-20H,7-8,11-14H2,1-3H3/t16-,18+,19+,20-/m1/s1. The van der Waals surface area contributed by atoms with Crippen LogP contribution in [0.25, 0.3) is 0 Å². The van der Waals surface area contributed by atoms with Crippen molar-refractivity contribution in [2.75, 3.05) is 13.1 Å². The van der Waals surface area contributed by atoms with E-state index in [1.807, 2.05) is 0 Å². The van der Waals surface area contributed by atoms with Crippen LogP contribution >= 0.6 is 0 Å². The summed E-state index contributed by atoms with van der Waals surface area (Å²) in [6, 6.07) is 11.0. The normalized spacial score (nSPS) is 30.8. The molecule has 126 valence electrons. The molecule has 2 aliphatic rings. The largest absolute Gasteiger partial charge is 0.299 e. The highest BCUT2D eigenvalue weighted by Gasteiger charge is 2.44. The van der Waals surface area contributed by atoms with Crippen molar-refractivity contribution in [1.82, 2.24) is 4.90 Å². The molecule has 0 aromatic heterocycles. The maximum atomic E-state index is 13.3. The van der Waals surface area contributed by atoms with Crippen molar-refractivity contribution in [3.8, 4) is 0 Å². The van der Waals surface area contributed by atoms with Crippen LogP contribution < -0.4 is 0 Å². The summed E-state index contributed by atoms with van der Waals surface area (Å²) in [6.45, 7) is 9.00. The van der Waals surface area contributed by atoms with E-state index in [4.69, 9.17) is 0 Å². The van der Waals surface area contributed by atoms with Gasteiger partial charge in [0.2, 0.25) is 0 Å². The van der Waals surface area contributed by atoms with E-state index in [-0.39, 0.29) is 17.9 Å². The Kier molecular flexibility index (Phi) is 5.21. The monoisotopic (exact) mass is 313 g/mol. The number of carbonyl (C=O) groups excluding carboxylic acids is 1. The van der Waals surface area contributed by atoms with Gasteiger partial charge in [-0.15, -0.1) is 0 Å². The summed E-state index contributed by atoms with van der Waals surface area (Å²) in [6.07, 6.45) is 4.81. The van der Waals surface area contributed by atoms with Gasteiger partial charge in [-0.05, 0) is 56.2 Å². The van der Waals surface area contributed by atoms with Crippen molar-refractivity contribution >= 4 is 5.78 Å². The van der Waals surface area contributed by atoms with Crippen LogP contribution in [-0.2, 0) is 4.79 Å². The van der Waals surface area contributed by atoms with Gasteiger partial charge >= 0.3 is 0 Å². The van der Waals surface area contributed by atoms with Crippen LogP contribution in [0.5, 0.6) is 0 Å². The molecule has 1 aromatic rings. The number of benzene rings is 1. The quantitative estimate of drug-likeness (QED) is 0.802. The molecule has 0 N–H and O–H groups in total. The molecule has 2 fully saturated rings. The van der Waals surface area contributed by atoms with Gasteiger partial charge in [-0.1, -0.05) is 51.1 Å². The summed E-state index contributed by atoms with van der Waals surface area (Å²) in [7, 11) is 0. The molecule has 0 unspecified atom stereocenters. The van der Waals surface area contributed by atoms with Crippen LogP contribution in [-0.4, -0.2) is 23.8 Å². The van der Waals surface area contributed by atoms with Gasteiger partial charge in [0.1, 0.15) is 5.78 Å². The van der Waals surface area contributed by atoms with Gasteiger partial charge < -0.3 is 0 Å². The Balaban J connectivity index is 1.95. The lowest BCUT2D eigenvalue weighted by Gasteiger charge is -2.42. The third-order valence-corrected chi connectivity index (χ3v) is 6.06. The first-order valence-corrected chi connectivity index (χ1v) is 9.42. The molecule has 0 spiro atoms. The highest BCUT2D eigenvalue weighted by Crippen LogP contribution is 2.44. The smallest absolute Gasteiger partial charge is 0.141 e. The van der Waals surface area contributed by atoms with Crippen LogP contribution in [0.2, 0.25) is 0 Å². The summed E-state index contributed by atoms with van der Waals surface area (Å²) >= 11 is 0. The number of hydrogen-bond acceptors (Lipinski definition) is 2. The molecular formula is C21H31NO. The third-order valence-electron chi connectivity index (χ3n) is 6.06. The Morgan fingerprint density at radius 3 is 2.30 bits per heavy atom. The molecule has 1 aliphatic carbocycles. The van der Waals surface area contributed by atoms with E-state index in [0.717, 1.165) is 19.5 Å². The van der Waals surface area contributed by atoms with E-state index in [1.165, 1.54) is 24.8 Å². The lowest BCUT2D eigenvalue weighted by Crippen LogP contribution is -2.44. The molecule has 1 saturated heterocycles. The van der Waals surface area contributed by atoms with Gasteiger partial charge in [-0.25, -0.2) is 0 Å². The van der Waals surface area contributed by atoms with Crippen LogP contribution in [0.15, 0.2) is 30.3 Å². The Morgan fingerprint density at radius 1 is 1.04 bits per heavy atom. The average Bonchev–Trinajstić information content (AvgIpc) is 3.05. The summed E-state index contributed by atoms with van der Waals surface area (Å²) < 4.78 is 0. The number of Topliss-reactive ketones (excluding diaryl/α,β-unsaturated/α-hetero) is 1. The first kappa shape index (κ1) is 16.7. The number of nitrogens with zero attached hydrogens (tertiary/aromatic N) is 1. The zero-order chi connectivity index (χ0) is 16.4. The number of rotatable bonds is 4. The Hall–Kier alpha value is -1.15. The van der Waals surface area contributed by atoms with Crippen LogP contribution in [0.1, 0.15) is 58.1 Å². The fourth-order valence-corrected chi connectivity index (χ4v) is 4.74. The Morgan fingerprint density at radius 2 is 1.70 bits per heavy atom. The fraction of sp³-hybridized carbons (Fsp3) is 0.667. The van der Waals surface area contributed by atoms with Gasteiger partial charge in [0.05, 0.1) is 0 Å². The molecule has 0 bridgehead atoms. The van der Waals surface area contributed by atoms with Gasteiger partial charge in [0.15, 0.2) is 0 Å². The fourth-order valence-electron chi connectivity index (χ4n) is 4.74. The molecule has 1 heterocycles. The molecule has 3 rings (SSSR count). The van der Waals surface area contributed by atoms with Gasteiger partial charge in [0, 0.05) is 17.9 Å². The summed E-state index contributed by atoms with van der Waals surface area (Å²) in [4.78, 5) is 15.9. The molecule has 1 aliphatic heterocycles. The number of hydrogen-bond donors (Lipinski definition) is 0. The van der Waals surface area contributed by atoms with E-state index < -0.39 is 0 Å². The first-order chi connectivity index (χ1) is 11.1. The molecule has 2 nitrogen and oxygen atoms in total. The van der Waals surface area contributed by atoms with E-state index in [9.17, 15) is 4.79 Å². The number of ketones is 1. The van der Waals surface area contributed by atoms with Gasteiger partial charge in [-0.3, -0.25) is 9.69 Å². The third kappa shape index (κ3) is 3.38. The molecule has 4 atom stereocenters. The minimum Gasteiger partial charge on any atom is -0.299 e. The topological polar surface area (TPSA) is 20.3 Å². The van der Waals surface area contributed by atoms with Crippen molar-refractivity contribution in [1.29, 1.82) is 0 Å².